The van der Waals surface area contributed by atoms with Gasteiger partial charge in [0.2, 0.25) is 11.8 Å². The maximum Gasteiger partial charge on any atom is 0.387 e. The number of halogens is 5. The van der Waals surface area contributed by atoms with Gasteiger partial charge in [-0.15, -0.1) is 0 Å². The van der Waals surface area contributed by atoms with Crippen LogP contribution in [0.25, 0.3) is 11.1 Å². The highest BCUT2D eigenvalue weighted by Crippen LogP contribution is 2.50. The van der Waals surface area contributed by atoms with Gasteiger partial charge >= 0.3 is 6.61 Å². The van der Waals surface area contributed by atoms with E-state index in [1.165, 1.54) is 0 Å². The number of likely N-dealkylation sites (tertiary alicyclic amines) is 1. The number of nitrogens with two attached hydrogens (primary N) is 1. The molecule has 3 aromatic carbocycles. The maximum atomic E-state index is 15.9. The minimum atomic E-state index is -3.36. The average Bonchev–Trinajstić information content (AvgIpc) is 3.38. The Morgan fingerprint density at radius 2 is 1.82 bits per heavy atom. The third-order valence-electron chi connectivity index (χ3n) is 8.31. The van der Waals surface area contributed by atoms with E-state index in [0.717, 1.165) is 36.6 Å². The standard InChI is InChI=1S/C32H33ClF4N4O4/c1-40(2)25(42)16-41-12-10-19(11-13-41)39-17-32(18-6-4-3-5-7-18)15-21-24(45-32)14-22(34)28(33)26(21)27-20(30(38)43)8-9-23(29(27)35)44-31(36)37/h3-9,14,19,31,39H,10-13,15-17H2,1-2H3,(H2,38,43)/t32-/m1/s1. The first-order valence-electron chi connectivity index (χ1n) is 14.4. The van der Waals surface area contributed by atoms with Crippen molar-refractivity contribution in [2.45, 2.75) is 37.5 Å². The number of nitrogens with one attached hydrogen (secondary N) is 1. The van der Waals surface area contributed by atoms with E-state index >= 15 is 8.78 Å². The third kappa shape index (κ3) is 6.73. The topological polar surface area (TPSA) is 97.1 Å². The smallest absolute Gasteiger partial charge is 0.387 e. The van der Waals surface area contributed by atoms with E-state index in [0.29, 0.717) is 19.6 Å². The molecule has 0 radical (unpaired) electrons. The Labute approximate surface area is 263 Å². The van der Waals surface area contributed by atoms with E-state index in [4.69, 9.17) is 22.1 Å². The number of amides is 2. The Kier molecular flexibility index (Phi) is 9.57. The zero-order valence-corrected chi connectivity index (χ0v) is 25.5. The molecule has 8 nitrogen and oxygen atoms in total. The predicted molar refractivity (Wildman–Crippen MR) is 161 cm³/mol. The highest BCUT2D eigenvalue weighted by Gasteiger charge is 2.44. The lowest BCUT2D eigenvalue weighted by Crippen LogP contribution is -2.50. The third-order valence-corrected chi connectivity index (χ3v) is 8.68. The summed E-state index contributed by atoms with van der Waals surface area (Å²) < 4.78 is 68.2. The molecular formula is C32H33ClF4N4O4. The van der Waals surface area contributed by atoms with Gasteiger partial charge in [-0.2, -0.15) is 8.78 Å². The molecule has 0 unspecified atom stereocenters. The summed E-state index contributed by atoms with van der Waals surface area (Å²) in [6.07, 6.45) is 1.62. The predicted octanol–water partition coefficient (Wildman–Crippen LogP) is 4.96. The fourth-order valence-electron chi connectivity index (χ4n) is 5.93. The van der Waals surface area contributed by atoms with Gasteiger partial charge in [-0.1, -0.05) is 41.9 Å². The molecule has 0 aromatic heterocycles. The highest BCUT2D eigenvalue weighted by atomic mass is 35.5. The van der Waals surface area contributed by atoms with Crippen molar-refractivity contribution in [2.24, 2.45) is 5.73 Å². The molecule has 1 fully saturated rings. The largest absolute Gasteiger partial charge is 0.480 e. The Bertz CT molecular complexity index is 1590. The first kappa shape index (κ1) is 32.5. The molecule has 13 heteroatoms. The number of carbonyl (C=O) groups excluding carboxylic acids is 2. The van der Waals surface area contributed by atoms with E-state index < -0.39 is 51.7 Å². The average molecular weight is 649 g/mol. The van der Waals surface area contributed by atoms with Gasteiger partial charge in [0.1, 0.15) is 11.6 Å². The fraction of sp³-hybridized carbons (Fsp3) is 0.375. The molecule has 2 aliphatic rings. The monoisotopic (exact) mass is 648 g/mol. The van der Waals surface area contributed by atoms with Gasteiger partial charge < -0.3 is 25.4 Å². The molecule has 1 atom stereocenters. The number of ether oxygens (including phenoxy) is 2. The zero-order chi connectivity index (χ0) is 32.5. The van der Waals surface area contributed by atoms with Crippen LogP contribution in [0.3, 0.4) is 0 Å². The quantitative estimate of drug-likeness (QED) is 0.302. The molecule has 0 spiro atoms. The van der Waals surface area contributed by atoms with Crippen LogP contribution in [-0.2, 0) is 16.8 Å². The molecule has 0 saturated carbocycles. The van der Waals surface area contributed by atoms with E-state index in [2.05, 4.69) is 15.0 Å². The van der Waals surface area contributed by atoms with Gasteiger partial charge in [0.05, 0.1) is 17.1 Å². The second-order valence-corrected chi connectivity index (χ2v) is 11.8. The van der Waals surface area contributed by atoms with Crippen LogP contribution in [0.4, 0.5) is 17.6 Å². The second-order valence-electron chi connectivity index (χ2n) is 11.4. The summed E-state index contributed by atoms with van der Waals surface area (Å²) in [5.74, 6) is -4.13. The number of nitrogens with zero attached hydrogens (tertiary/aromatic N) is 2. The number of likely N-dealkylation sites (N-methyl/N-ethyl adjacent to an activating group) is 1. The van der Waals surface area contributed by atoms with E-state index in [-0.39, 0.29) is 41.8 Å². The van der Waals surface area contributed by atoms with Crippen LogP contribution in [0.1, 0.15) is 34.3 Å². The highest BCUT2D eigenvalue weighted by molar-refractivity contribution is 6.34. The zero-order valence-electron chi connectivity index (χ0n) is 24.7. The van der Waals surface area contributed by atoms with Crippen molar-refractivity contribution in [3.8, 4) is 22.6 Å². The fourth-order valence-corrected chi connectivity index (χ4v) is 6.20. The number of benzene rings is 3. The van der Waals surface area contributed by atoms with Gasteiger partial charge in [-0.25, -0.2) is 8.78 Å². The molecule has 2 heterocycles. The SMILES string of the molecule is CN(C)C(=O)CN1CCC(NC[C@@]2(c3ccccc3)Cc3c(cc(F)c(Cl)c3-c3c(C(N)=O)ccc(OC(F)F)c3F)O2)CC1. The minimum Gasteiger partial charge on any atom is -0.480 e. The van der Waals surface area contributed by atoms with Crippen molar-refractivity contribution in [3.05, 3.63) is 81.9 Å². The van der Waals surface area contributed by atoms with Crippen molar-refractivity contribution in [1.82, 2.24) is 15.1 Å². The Balaban J connectivity index is 1.50. The van der Waals surface area contributed by atoms with Crippen molar-refractivity contribution < 1.29 is 36.6 Å². The number of primary amides is 1. The summed E-state index contributed by atoms with van der Waals surface area (Å²) in [5.41, 5.74) is 4.28. The summed E-state index contributed by atoms with van der Waals surface area (Å²) in [7, 11) is 3.45. The lowest BCUT2D eigenvalue weighted by molar-refractivity contribution is -0.130. The van der Waals surface area contributed by atoms with Crippen LogP contribution < -0.4 is 20.5 Å². The van der Waals surface area contributed by atoms with Crippen LogP contribution >= 0.6 is 11.6 Å². The number of alkyl halides is 2. The lowest BCUT2D eigenvalue weighted by Gasteiger charge is -2.36. The molecule has 240 valence electrons. The normalized spacial score (nSPS) is 18.5. The van der Waals surface area contributed by atoms with Crippen molar-refractivity contribution in [3.63, 3.8) is 0 Å². The number of carbonyl (C=O) groups is 2. The van der Waals surface area contributed by atoms with Gasteiger partial charge in [0, 0.05) is 68.9 Å². The molecular weight excluding hydrogens is 616 g/mol. The minimum absolute atomic E-state index is 0.0329. The van der Waals surface area contributed by atoms with E-state index in [1.807, 2.05) is 30.3 Å². The van der Waals surface area contributed by atoms with Gasteiger partial charge in [0.15, 0.2) is 17.2 Å². The Morgan fingerprint density at radius 1 is 1.13 bits per heavy atom. The van der Waals surface area contributed by atoms with Crippen molar-refractivity contribution in [2.75, 3.05) is 40.3 Å². The van der Waals surface area contributed by atoms with Gasteiger partial charge in [0.25, 0.3) is 0 Å². The van der Waals surface area contributed by atoms with Crippen LogP contribution in [-0.4, -0.2) is 74.5 Å². The first-order chi connectivity index (χ1) is 21.4. The second kappa shape index (κ2) is 13.2. The van der Waals surface area contributed by atoms with Crippen molar-refractivity contribution >= 4 is 23.4 Å². The lowest BCUT2D eigenvalue weighted by atomic mass is 9.85. The molecule has 45 heavy (non-hydrogen) atoms. The molecule has 1 saturated heterocycles. The molecule has 0 bridgehead atoms. The summed E-state index contributed by atoms with van der Waals surface area (Å²) >= 11 is 6.44. The first-order valence-corrected chi connectivity index (χ1v) is 14.8. The molecule has 5 rings (SSSR count). The number of hydrogen-bond donors (Lipinski definition) is 2. The van der Waals surface area contributed by atoms with Crippen LogP contribution in [0, 0.1) is 11.6 Å². The Hall–Kier alpha value is -3.87. The summed E-state index contributed by atoms with van der Waals surface area (Å²) in [6, 6.07) is 12.3. The maximum absolute atomic E-state index is 15.9. The Morgan fingerprint density at radius 3 is 2.44 bits per heavy atom. The van der Waals surface area contributed by atoms with E-state index in [1.54, 1.807) is 19.0 Å². The van der Waals surface area contributed by atoms with Crippen LogP contribution in [0.5, 0.6) is 11.5 Å². The van der Waals surface area contributed by atoms with Crippen LogP contribution in [0.15, 0.2) is 48.5 Å². The van der Waals surface area contributed by atoms with E-state index in [9.17, 15) is 18.4 Å². The molecule has 2 aliphatic heterocycles. The van der Waals surface area contributed by atoms with Crippen molar-refractivity contribution in [1.29, 1.82) is 0 Å². The van der Waals surface area contributed by atoms with Gasteiger partial charge in [-0.3, -0.25) is 14.5 Å². The summed E-state index contributed by atoms with van der Waals surface area (Å²) in [4.78, 5) is 28.2. The number of fused-ring (bicyclic) bond motifs is 1. The summed E-state index contributed by atoms with van der Waals surface area (Å²) in [6.45, 7) is -1.32. The number of piperidine rings is 1. The molecule has 3 N–H and O–H groups in total. The van der Waals surface area contributed by atoms with Crippen LogP contribution in [0.2, 0.25) is 5.02 Å². The summed E-state index contributed by atoms with van der Waals surface area (Å²) in [5, 5.41) is 3.05. The molecule has 2 amide bonds. The molecule has 3 aromatic rings. The van der Waals surface area contributed by atoms with Gasteiger partial charge in [-0.05, 0) is 30.5 Å². The number of rotatable bonds is 10. The molecule has 0 aliphatic carbocycles. The number of hydrogen-bond acceptors (Lipinski definition) is 6.